The van der Waals surface area contributed by atoms with Gasteiger partial charge in [0.15, 0.2) is 0 Å². The maximum atomic E-state index is 7.45. The molecular weight excluding hydrogens is 895 g/mol. The van der Waals surface area contributed by atoms with Crippen molar-refractivity contribution in [3.63, 3.8) is 0 Å². The van der Waals surface area contributed by atoms with Gasteiger partial charge in [-0.3, -0.25) is 0 Å². The van der Waals surface area contributed by atoms with Gasteiger partial charge in [-0.2, -0.15) is 0 Å². The Morgan fingerprint density at radius 2 is 0.941 bits per heavy atom. The van der Waals surface area contributed by atoms with Crippen LogP contribution in [0.5, 0.6) is 23.0 Å². The van der Waals surface area contributed by atoms with Gasteiger partial charge >= 0.3 is 347 Å². The fourth-order valence-electron chi connectivity index (χ4n) is 12.2. The zero-order valence-corrected chi connectivity index (χ0v) is 38.1. The van der Waals surface area contributed by atoms with Gasteiger partial charge in [-0.1, -0.05) is 30.3 Å². The van der Waals surface area contributed by atoms with Crippen molar-refractivity contribution in [2.75, 3.05) is 4.90 Å². The number of nitrogens with zero attached hydrogens (tertiary/aromatic N) is 3. The van der Waals surface area contributed by atoms with Gasteiger partial charge in [0.1, 0.15) is 0 Å². The fraction of sp³-hybridized carbons (Fsp3) is 0. The molecule has 0 radical (unpaired) electrons. The van der Waals surface area contributed by atoms with Crippen molar-refractivity contribution in [1.29, 1.82) is 0 Å². The number of hydrogen-bond donors (Lipinski definition) is 0. The molecule has 68 heavy (non-hydrogen) atoms. The fourth-order valence-corrected chi connectivity index (χ4v) is 14.7. The molecule has 0 amide bonds. The molecule has 0 atom stereocenters. The molecule has 2 aromatic heterocycles. The van der Waals surface area contributed by atoms with Crippen LogP contribution in [0.3, 0.4) is 0 Å². The molecule has 0 saturated heterocycles. The Balaban J connectivity index is 1.03. The molecule has 12 aromatic rings. The van der Waals surface area contributed by atoms with E-state index in [-0.39, 0.29) is 28.4 Å². The van der Waals surface area contributed by atoms with Gasteiger partial charge < -0.3 is 0 Å². The molecule has 314 valence electrons. The number of anilines is 3. The van der Waals surface area contributed by atoms with Gasteiger partial charge in [-0.25, -0.2) is 0 Å². The van der Waals surface area contributed by atoms with E-state index in [1.54, 1.807) is 0 Å². The standard InChI is InChI=1S/C60H35B2N3O2Se/c1-4-18-36(19-5-1)63-46-29-15-11-25-40(46)56-48(63)34-52-57-60(56)67-50-30-16-12-26-41(50)61(57)44-32-43-47(33-51(44)66-52)65(38-22-8-3-9-23-38)59-55-39-24-10-14-28-45(39)64(37-20-6-2-7-21-37)49(55)35-54-58(59)62(43)42-27-13-17-31-53(42)68-54/h1-35H. The minimum absolute atomic E-state index is 0.00222. The Kier molecular flexibility index (Phi) is 7.46. The molecule has 6 heterocycles. The summed E-state index contributed by atoms with van der Waals surface area (Å²) in [6, 6.07) is 77.7. The number of fused-ring (bicyclic) bond motifs is 16. The summed E-state index contributed by atoms with van der Waals surface area (Å²) in [5.74, 6) is 3.44. The van der Waals surface area contributed by atoms with E-state index < -0.39 is 0 Å². The number of benzene rings is 10. The first-order chi connectivity index (χ1) is 33.8. The van der Waals surface area contributed by atoms with E-state index in [9.17, 15) is 0 Å². The van der Waals surface area contributed by atoms with E-state index in [1.807, 2.05) is 0 Å². The van der Waals surface area contributed by atoms with Crippen LogP contribution in [0, 0.1) is 0 Å². The molecule has 0 unspecified atom stereocenters. The number of ether oxygens (including phenoxy) is 2. The number of hydrogen-bond acceptors (Lipinski definition) is 3. The summed E-state index contributed by atoms with van der Waals surface area (Å²) >= 11 is 0.0678. The van der Waals surface area contributed by atoms with E-state index >= 15 is 0 Å². The van der Waals surface area contributed by atoms with E-state index in [4.69, 9.17) is 9.47 Å². The predicted octanol–water partition coefficient (Wildman–Crippen LogP) is 8.88. The van der Waals surface area contributed by atoms with Gasteiger partial charge in [0.05, 0.1) is 0 Å². The molecule has 0 aliphatic carbocycles. The molecule has 5 nitrogen and oxygen atoms in total. The van der Waals surface area contributed by atoms with Crippen LogP contribution in [0.25, 0.3) is 55.0 Å². The average Bonchev–Trinajstić information content (AvgIpc) is 3.91. The Bertz CT molecular complexity index is 4150. The van der Waals surface area contributed by atoms with Gasteiger partial charge in [0, 0.05) is 5.69 Å². The van der Waals surface area contributed by atoms with Gasteiger partial charge in [-0.15, -0.1) is 0 Å². The molecule has 4 aliphatic heterocycles. The van der Waals surface area contributed by atoms with Crippen molar-refractivity contribution in [2.24, 2.45) is 0 Å². The molecule has 0 N–H and O–H groups in total. The molecule has 10 aromatic carbocycles. The van der Waals surface area contributed by atoms with Crippen molar-refractivity contribution in [2.45, 2.75) is 0 Å². The molecule has 16 rings (SSSR count). The Hall–Kier alpha value is -8.15. The van der Waals surface area contributed by atoms with Gasteiger partial charge in [0.2, 0.25) is 0 Å². The Morgan fingerprint density at radius 1 is 0.368 bits per heavy atom. The van der Waals surface area contributed by atoms with Gasteiger partial charge in [-0.05, 0) is 18.2 Å². The van der Waals surface area contributed by atoms with Crippen LogP contribution in [0.4, 0.5) is 17.1 Å². The quantitative estimate of drug-likeness (QED) is 0.166. The summed E-state index contributed by atoms with van der Waals surface area (Å²) in [6.45, 7) is -0.125. The third kappa shape index (κ3) is 4.87. The molecular formula is C60H35B2N3O2Se. The van der Waals surface area contributed by atoms with Crippen LogP contribution in [0.15, 0.2) is 212 Å². The van der Waals surface area contributed by atoms with Gasteiger partial charge in [0.25, 0.3) is 0 Å². The third-order valence-electron chi connectivity index (χ3n) is 14.8. The zero-order valence-electron chi connectivity index (χ0n) is 36.4. The minimum atomic E-state index is -0.123. The number of rotatable bonds is 3. The number of aromatic nitrogens is 2. The molecule has 8 heteroatoms. The summed E-state index contributed by atoms with van der Waals surface area (Å²) in [4.78, 5) is 2.57. The number of para-hydroxylation sites is 6. The summed E-state index contributed by atoms with van der Waals surface area (Å²) in [7, 11) is 0. The van der Waals surface area contributed by atoms with E-state index in [0.717, 1.165) is 83.9 Å². The first-order valence-electron chi connectivity index (χ1n) is 23.3. The molecule has 0 fully saturated rings. The van der Waals surface area contributed by atoms with Crippen LogP contribution < -0.4 is 56.1 Å². The third-order valence-corrected chi connectivity index (χ3v) is 17.2. The van der Waals surface area contributed by atoms with Crippen molar-refractivity contribution in [3.05, 3.63) is 212 Å². The van der Waals surface area contributed by atoms with E-state index in [1.165, 1.54) is 52.8 Å². The monoisotopic (exact) mass is 931 g/mol. The topological polar surface area (TPSA) is 31.6 Å². The summed E-state index contributed by atoms with van der Waals surface area (Å²) in [6.07, 6.45) is 0. The normalized spacial score (nSPS) is 13.7. The van der Waals surface area contributed by atoms with Crippen molar-refractivity contribution >= 4 is 131 Å². The van der Waals surface area contributed by atoms with Crippen LogP contribution >= 0.6 is 0 Å². The SMILES string of the molecule is c1ccc(N2c3cc4c(cc3B3c5ccccc5[Se]c5cc6c(c2c53)c2ccccc2n6-c2ccccc2)B2c3ccccc3Oc3c2c(cc2c3c3ccccc3n2-c2ccccc2)O4)cc1. The van der Waals surface area contributed by atoms with E-state index in [2.05, 4.69) is 226 Å². The van der Waals surface area contributed by atoms with Crippen LogP contribution in [0.1, 0.15) is 0 Å². The summed E-state index contributed by atoms with van der Waals surface area (Å²) in [5.41, 5.74) is 17.8. The van der Waals surface area contributed by atoms with Crippen LogP contribution in [-0.4, -0.2) is 37.5 Å². The zero-order chi connectivity index (χ0) is 44.2. The Morgan fingerprint density at radius 3 is 1.66 bits per heavy atom. The van der Waals surface area contributed by atoms with E-state index in [0.29, 0.717) is 0 Å². The Labute approximate surface area is 398 Å². The maximum absolute atomic E-state index is 7.45. The first kappa shape index (κ1) is 37.0. The van der Waals surface area contributed by atoms with Crippen molar-refractivity contribution in [1.82, 2.24) is 9.13 Å². The first-order valence-corrected chi connectivity index (χ1v) is 25.0. The second-order valence-corrected chi connectivity index (χ2v) is 20.6. The predicted molar refractivity (Wildman–Crippen MR) is 284 cm³/mol. The van der Waals surface area contributed by atoms with Crippen LogP contribution in [-0.2, 0) is 0 Å². The second-order valence-electron chi connectivity index (χ2n) is 18.3. The molecule has 0 saturated carbocycles. The molecule has 0 bridgehead atoms. The van der Waals surface area contributed by atoms with Crippen molar-refractivity contribution in [3.8, 4) is 34.4 Å². The molecule has 0 spiro atoms. The summed E-state index contributed by atoms with van der Waals surface area (Å²) in [5, 5.41) is 4.76. The summed E-state index contributed by atoms with van der Waals surface area (Å²) < 4.78 is 22.3. The van der Waals surface area contributed by atoms with Crippen LogP contribution in [0.2, 0.25) is 0 Å². The average molecular weight is 931 g/mol. The molecule has 4 aliphatic rings. The van der Waals surface area contributed by atoms with Crippen molar-refractivity contribution < 1.29 is 9.47 Å². The second kappa shape index (κ2) is 13.7.